The van der Waals surface area contributed by atoms with E-state index in [9.17, 15) is 19.5 Å². The fourth-order valence-electron chi connectivity index (χ4n) is 3.03. The predicted molar refractivity (Wildman–Crippen MR) is 119 cm³/mol. The van der Waals surface area contributed by atoms with E-state index in [1.165, 1.54) is 12.1 Å². The molecule has 0 radical (unpaired) electrons. The number of carbonyl (C=O) groups is 3. The number of hydrogen-bond acceptors (Lipinski definition) is 10. The molecule has 34 heavy (non-hydrogen) atoms. The van der Waals surface area contributed by atoms with Gasteiger partial charge in [0.25, 0.3) is 5.91 Å². The van der Waals surface area contributed by atoms with Crippen molar-refractivity contribution in [2.75, 3.05) is 23.4 Å². The van der Waals surface area contributed by atoms with Crippen LogP contribution in [0.2, 0.25) is 0 Å². The average Bonchev–Trinajstić information content (AvgIpc) is 2.76. The molecule has 1 atom stereocenters. The zero-order valence-corrected chi connectivity index (χ0v) is 20.6. The number of aromatic nitrogens is 4. The largest absolute Gasteiger partial charge is 1.00 e. The molecule has 7 N–H and O–H groups in total. The van der Waals surface area contributed by atoms with E-state index >= 15 is 0 Å². The number of aliphatic carboxylic acids is 2. The van der Waals surface area contributed by atoms with Gasteiger partial charge in [0.15, 0.2) is 17.0 Å². The molecular formula is C20H23N8NaO5. The van der Waals surface area contributed by atoms with Gasteiger partial charge in [0.05, 0.1) is 18.4 Å². The van der Waals surface area contributed by atoms with E-state index in [4.69, 9.17) is 16.6 Å². The summed E-state index contributed by atoms with van der Waals surface area (Å²) in [6.45, 7) is 0.370. The summed E-state index contributed by atoms with van der Waals surface area (Å²) in [6, 6.07) is 5.16. The third-order valence-electron chi connectivity index (χ3n) is 4.72. The minimum Gasteiger partial charge on any atom is -1.00 e. The molecule has 3 rings (SSSR count). The average molecular weight is 478 g/mol. The maximum atomic E-state index is 12.4. The molecule has 3 aromatic rings. The Morgan fingerprint density at radius 2 is 1.79 bits per heavy atom. The van der Waals surface area contributed by atoms with Gasteiger partial charge in [-0.15, -0.1) is 0 Å². The van der Waals surface area contributed by atoms with E-state index < -0.39 is 23.9 Å². The summed E-state index contributed by atoms with van der Waals surface area (Å²) >= 11 is 0. The van der Waals surface area contributed by atoms with Crippen LogP contribution in [0.25, 0.3) is 11.2 Å². The Hall–Kier alpha value is -3.55. The number of anilines is 3. The first kappa shape index (κ1) is 26.7. The Morgan fingerprint density at radius 3 is 2.41 bits per heavy atom. The van der Waals surface area contributed by atoms with E-state index in [1.54, 1.807) is 18.3 Å². The summed E-state index contributed by atoms with van der Waals surface area (Å²) in [6.07, 6.45) is 0.964. The van der Waals surface area contributed by atoms with Gasteiger partial charge in [0, 0.05) is 24.7 Å². The molecule has 0 saturated carbocycles. The molecule has 0 bridgehead atoms. The minimum atomic E-state index is -1.30. The fraction of sp³-hybridized carbons (Fsp3) is 0.250. The molecule has 0 fully saturated rings. The number of amides is 1. The van der Waals surface area contributed by atoms with Crippen LogP contribution in [-0.4, -0.2) is 61.1 Å². The van der Waals surface area contributed by atoms with Gasteiger partial charge in [-0.3, -0.25) is 9.59 Å². The molecule has 0 aliphatic heterocycles. The van der Waals surface area contributed by atoms with Gasteiger partial charge in [-0.2, -0.15) is 9.97 Å². The number of nitrogen functional groups attached to an aromatic ring is 2. The molecule has 0 saturated heterocycles. The van der Waals surface area contributed by atoms with Crippen LogP contribution in [0.15, 0.2) is 30.5 Å². The van der Waals surface area contributed by atoms with Crippen molar-refractivity contribution in [3.63, 3.8) is 0 Å². The van der Waals surface area contributed by atoms with Gasteiger partial charge in [-0.05, 0) is 30.7 Å². The molecular weight excluding hydrogens is 455 g/mol. The van der Waals surface area contributed by atoms with Gasteiger partial charge < -0.3 is 33.3 Å². The number of carbonyl (C=O) groups excluding carboxylic acids is 1. The van der Waals surface area contributed by atoms with Crippen molar-refractivity contribution >= 4 is 46.5 Å². The number of rotatable bonds is 9. The second-order valence-corrected chi connectivity index (χ2v) is 7.20. The molecule has 2 heterocycles. The summed E-state index contributed by atoms with van der Waals surface area (Å²) in [4.78, 5) is 52.7. The molecule has 14 heteroatoms. The van der Waals surface area contributed by atoms with Crippen molar-refractivity contribution in [1.82, 2.24) is 25.3 Å². The molecule has 1 unspecified atom stereocenters. The first-order valence-electron chi connectivity index (χ1n) is 9.75. The fourth-order valence-corrected chi connectivity index (χ4v) is 3.03. The minimum absolute atomic E-state index is 0. The van der Waals surface area contributed by atoms with Crippen molar-refractivity contribution in [1.29, 1.82) is 0 Å². The third kappa shape index (κ3) is 6.73. The number of nitrogens with zero attached hydrogens (tertiary/aromatic N) is 5. The first-order chi connectivity index (χ1) is 15.6. The van der Waals surface area contributed by atoms with E-state index in [1.807, 2.05) is 11.9 Å². The summed E-state index contributed by atoms with van der Waals surface area (Å²) in [5, 5.41) is 20.2. The molecule has 1 aromatic carbocycles. The number of fused-ring (bicyclic) bond motifs is 1. The number of benzene rings is 1. The van der Waals surface area contributed by atoms with Crippen LogP contribution in [0.3, 0.4) is 0 Å². The van der Waals surface area contributed by atoms with E-state index in [0.29, 0.717) is 23.4 Å². The molecule has 0 aliphatic rings. The summed E-state index contributed by atoms with van der Waals surface area (Å²) in [7, 11) is 1.82. The van der Waals surface area contributed by atoms with Crippen LogP contribution in [0.5, 0.6) is 0 Å². The Kier molecular flexibility index (Phi) is 9.06. The van der Waals surface area contributed by atoms with Crippen molar-refractivity contribution < 1.29 is 55.6 Å². The van der Waals surface area contributed by atoms with Crippen LogP contribution in [0, 0.1) is 0 Å². The van der Waals surface area contributed by atoms with Gasteiger partial charge in [0.2, 0.25) is 5.95 Å². The third-order valence-corrected chi connectivity index (χ3v) is 4.72. The Labute approximate surface area is 217 Å². The van der Waals surface area contributed by atoms with E-state index in [2.05, 4.69) is 25.3 Å². The molecule has 0 spiro atoms. The van der Waals surface area contributed by atoms with Crippen LogP contribution >= 0.6 is 0 Å². The van der Waals surface area contributed by atoms with E-state index in [-0.39, 0.29) is 61.2 Å². The number of nitrogens with two attached hydrogens (primary N) is 2. The topological polar surface area (TPSA) is 211 Å². The predicted octanol–water partition coefficient (Wildman–Crippen LogP) is -2.62. The normalized spacial score (nSPS) is 11.3. The van der Waals surface area contributed by atoms with Gasteiger partial charge in [-0.25, -0.2) is 14.8 Å². The molecule has 0 aliphatic carbocycles. The summed E-state index contributed by atoms with van der Waals surface area (Å²) in [5.41, 5.74) is 13.7. The van der Waals surface area contributed by atoms with Crippen molar-refractivity contribution in [2.24, 2.45) is 0 Å². The molecule has 13 nitrogen and oxygen atoms in total. The number of hydrogen-bond donors (Lipinski definition) is 5. The zero-order valence-electron chi connectivity index (χ0n) is 19.6. The van der Waals surface area contributed by atoms with E-state index in [0.717, 1.165) is 5.69 Å². The Morgan fingerprint density at radius 1 is 1.12 bits per heavy atom. The molecule has 174 valence electrons. The Bertz CT molecular complexity index is 1210. The van der Waals surface area contributed by atoms with Crippen LogP contribution in [0.1, 0.15) is 30.3 Å². The monoisotopic (exact) mass is 478 g/mol. The van der Waals surface area contributed by atoms with Crippen molar-refractivity contribution in [3.8, 4) is 0 Å². The quantitative estimate of drug-likeness (QED) is 0.200. The summed E-state index contributed by atoms with van der Waals surface area (Å²) in [5.74, 6) is -2.91. The van der Waals surface area contributed by atoms with Gasteiger partial charge >= 0.3 is 41.5 Å². The molecule has 1 amide bonds. The Balaban J connectivity index is 0.00000306. The van der Waals surface area contributed by atoms with Crippen molar-refractivity contribution in [2.45, 2.75) is 25.4 Å². The SMILES string of the molecule is CN(Cc1cnc2nc(N)nc(N)c2n1)c1ccc(C(=O)NC(CCC(=O)O)C(=O)O)cc1.[H-].[Na+]. The smallest absolute Gasteiger partial charge is 1.00 e. The number of carboxylic acid groups (broad SMARTS) is 2. The number of nitrogens with one attached hydrogen (secondary N) is 1. The van der Waals surface area contributed by atoms with Crippen LogP contribution in [-0.2, 0) is 16.1 Å². The first-order valence-corrected chi connectivity index (χ1v) is 9.75. The maximum Gasteiger partial charge on any atom is 1.00 e. The van der Waals surface area contributed by atoms with Crippen LogP contribution in [0.4, 0.5) is 17.5 Å². The second kappa shape index (κ2) is 11.5. The van der Waals surface area contributed by atoms with Crippen molar-refractivity contribution in [3.05, 3.63) is 41.7 Å². The van der Waals surface area contributed by atoms with Gasteiger partial charge in [-0.1, -0.05) is 0 Å². The maximum absolute atomic E-state index is 12.4. The van der Waals surface area contributed by atoms with Crippen LogP contribution < -0.4 is 51.2 Å². The summed E-state index contributed by atoms with van der Waals surface area (Å²) < 4.78 is 0. The second-order valence-electron chi connectivity index (χ2n) is 7.20. The number of carboxylic acids is 2. The zero-order chi connectivity index (χ0) is 24.1. The standard InChI is InChI=1S/C20H22N8O5.Na.H/c1-28(9-11-8-23-17-15(24-11)16(21)26-20(22)27-17)12-4-2-10(3-5-12)18(31)25-13(19(32)33)6-7-14(29)30;;/h2-5,8,13H,6-7,9H2,1H3,(H,25,31)(H,29,30)(H,32,33)(H4,21,22,23,26,27);;/q;+1;-1. The molecule has 2 aromatic heterocycles. The van der Waals surface area contributed by atoms with Gasteiger partial charge in [0.1, 0.15) is 6.04 Å².